The van der Waals surface area contributed by atoms with Gasteiger partial charge in [0.1, 0.15) is 5.75 Å². The number of imide groups is 1. The standard InChI is InChI=1S/C25H25F3N2O5/c1-3-35-20-11-16(30-21(32)17-6-4-5-7-18(17)22(30)33)12-24(20,2)23(34)29-13-14-10-15(25(26,27)28)8-9-19(14)31/h4-10,16,20,31H,3,11-13H2,1-2H3,(H,29,34). The van der Waals surface area contributed by atoms with Gasteiger partial charge in [-0.3, -0.25) is 19.3 Å². The number of aromatic hydroxyl groups is 1. The molecule has 4 rings (SSSR count). The molecular formula is C25H25F3N2O5. The maximum Gasteiger partial charge on any atom is 0.416 e. The number of fused-ring (bicyclic) bond motifs is 1. The molecule has 3 unspecified atom stereocenters. The molecule has 0 saturated heterocycles. The molecule has 2 aromatic rings. The van der Waals surface area contributed by atoms with Crippen molar-refractivity contribution < 1.29 is 37.4 Å². The first-order chi connectivity index (χ1) is 16.5. The van der Waals surface area contributed by atoms with Crippen LogP contribution in [0.25, 0.3) is 0 Å². The number of carbonyl (C=O) groups excluding carboxylic acids is 3. The van der Waals surface area contributed by atoms with Crippen LogP contribution in [0.15, 0.2) is 42.5 Å². The van der Waals surface area contributed by atoms with Crippen molar-refractivity contribution in [2.75, 3.05) is 6.61 Å². The van der Waals surface area contributed by atoms with Crippen LogP contribution < -0.4 is 5.32 Å². The zero-order chi connectivity index (χ0) is 25.5. The lowest BCUT2D eigenvalue weighted by Crippen LogP contribution is -2.45. The van der Waals surface area contributed by atoms with E-state index >= 15 is 0 Å². The van der Waals surface area contributed by atoms with Crippen LogP contribution in [0.2, 0.25) is 0 Å². The highest BCUT2D eigenvalue weighted by Gasteiger charge is 2.54. The van der Waals surface area contributed by atoms with Gasteiger partial charge in [0.15, 0.2) is 0 Å². The summed E-state index contributed by atoms with van der Waals surface area (Å²) in [7, 11) is 0. The van der Waals surface area contributed by atoms with E-state index in [2.05, 4.69) is 5.32 Å². The number of alkyl halides is 3. The first-order valence-electron chi connectivity index (χ1n) is 11.2. The van der Waals surface area contributed by atoms with Crippen molar-refractivity contribution in [3.8, 4) is 5.75 Å². The second-order valence-electron chi connectivity index (χ2n) is 9.00. The number of hydrogen-bond acceptors (Lipinski definition) is 5. The maximum absolute atomic E-state index is 13.3. The van der Waals surface area contributed by atoms with Gasteiger partial charge >= 0.3 is 6.18 Å². The molecule has 2 aliphatic rings. The van der Waals surface area contributed by atoms with Crippen molar-refractivity contribution in [2.45, 2.75) is 51.6 Å². The fourth-order valence-electron chi connectivity index (χ4n) is 4.92. The first-order valence-corrected chi connectivity index (χ1v) is 11.2. The number of ether oxygens (including phenoxy) is 1. The Balaban J connectivity index is 1.53. The number of rotatable bonds is 6. The van der Waals surface area contributed by atoms with E-state index in [9.17, 15) is 32.7 Å². The van der Waals surface area contributed by atoms with Gasteiger partial charge in [-0.2, -0.15) is 13.2 Å². The molecule has 1 aliphatic carbocycles. The molecule has 0 bridgehead atoms. The third-order valence-electron chi connectivity index (χ3n) is 6.78. The fourth-order valence-corrected chi connectivity index (χ4v) is 4.92. The normalized spacial score (nSPS) is 24.1. The van der Waals surface area contributed by atoms with E-state index in [-0.39, 0.29) is 37.3 Å². The van der Waals surface area contributed by atoms with Gasteiger partial charge in [0, 0.05) is 24.8 Å². The number of hydrogen-bond donors (Lipinski definition) is 2. The van der Waals surface area contributed by atoms with E-state index in [1.54, 1.807) is 38.1 Å². The lowest BCUT2D eigenvalue weighted by atomic mass is 9.84. The molecule has 1 saturated carbocycles. The number of halogens is 3. The highest BCUT2D eigenvalue weighted by Crippen LogP contribution is 2.44. The average Bonchev–Trinajstić information content (AvgIpc) is 3.27. The van der Waals surface area contributed by atoms with E-state index in [1.807, 2.05) is 0 Å². The van der Waals surface area contributed by atoms with Crippen LogP contribution in [0.1, 0.15) is 58.5 Å². The molecule has 7 nitrogen and oxygen atoms in total. The van der Waals surface area contributed by atoms with Gasteiger partial charge in [0.2, 0.25) is 5.91 Å². The van der Waals surface area contributed by atoms with E-state index in [0.717, 1.165) is 18.2 Å². The van der Waals surface area contributed by atoms with Crippen molar-refractivity contribution in [3.63, 3.8) is 0 Å². The van der Waals surface area contributed by atoms with Crippen molar-refractivity contribution in [2.24, 2.45) is 5.41 Å². The molecule has 0 radical (unpaired) electrons. The molecule has 1 fully saturated rings. The Bertz CT molecular complexity index is 1150. The Labute approximate surface area is 199 Å². The van der Waals surface area contributed by atoms with Crippen LogP contribution in [0.3, 0.4) is 0 Å². The minimum Gasteiger partial charge on any atom is -0.508 e. The van der Waals surface area contributed by atoms with E-state index < -0.39 is 47.0 Å². The monoisotopic (exact) mass is 490 g/mol. The van der Waals surface area contributed by atoms with Gasteiger partial charge in [-0.15, -0.1) is 0 Å². The SMILES string of the molecule is CCOC1CC(N2C(=O)c3ccccc3C2=O)CC1(C)C(=O)NCc1cc(C(F)(F)F)ccc1O. The molecule has 3 atom stereocenters. The minimum atomic E-state index is -4.59. The lowest BCUT2D eigenvalue weighted by Gasteiger charge is -2.30. The second-order valence-corrected chi connectivity index (χ2v) is 9.00. The smallest absolute Gasteiger partial charge is 0.416 e. The molecule has 1 heterocycles. The van der Waals surface area contributed by atoms with Crippen molar-refractivity contribution in [1.82, 2.24) is 10.2 Å². The second kappa shape index (κ2) is 8.99. The van der Waals surface area contributed by atoms with Crippen LogP contribution in [0.5, 0.6) is 5.75 Å². The number of nitrogens with zero attached hydrogens (tertiary/aromatic N) is 1. The Morgan fingerprint density at radius 1 is 1.17 bits per heavy atom. The molecular weight excluding hydrogens is 465 g/mol. The summed E-state index contributed by atoms with van der Waals surface area (Å²) in [4.78, 5) is 40.3. The molecule has 35 heavy (non-hydrogen) atoms. The van der Waals surface area contributed by atoms with Gasteiger partial charge < -0.3 is 15.2 Å². The summed E-state index contributed by atoms with van der Waals surface area (Å²) in [5, 5.41) is 12.6. The topological polar surface area (TPSA) is 95.9 Å². The highest BCUT2D eigenvalue weighted by atomic mass is 19.4. The van der Waals surface area contributed by atoms with E-state index in [0.29, 0.717) is 11.1 Å². The van der Waals surface area contributed by atoms with Gasteiger partial charge in [0.25, 0.3) is 11.8 Å². The number of phenols is 1. The molecule has 0 spiro atoms. The summed E-state index contributed by atoms with van der Waals surface area (Å²) in [6.45, 7) is 3.36. The Morgan fingerprint density at radius 3 is 2.37 bits per heavy atom. The van der Waals surface area contributed by atoms with Gasteiger partial charge in [0.05, 0.1) is 28.2 Å². The van der Waals surface area contributed by atoms with Crippen LogP contribution >= 0.6 is 0 Å². The lowest BCUT2D eigenvalue weighted by molar-refractivity contribution is -0.137. The van der Waals surface area contributed by atoms with Crippen molar-refractivity contribution in [3.05, 3.63) is 64.7 Å². The largest absolute Gasteiger partial charge is 0.508 e. The quantitative estimate of drug-likeness (QED) is 0.599. The Hall–Kier alpha value is -3.40. The zero-order valence-corrected chi connectivity index (χ0v) is 19.2. The van der Waals surface area contributed by atoms with Gasteiger partial charge in [-0.1, -0.05) is 12.1 Å². The molecule has 186 valence electrons. The third-order valence-corrected chi connectivity index (χ3v) is 6.78. The number of amides is 3. The summed E-state index contributed by atoms with van der Waals surface area (Å²) >= 11 is 0. The molecule has 0 aromatic heterocycles. The zero-order valence-electron chi connectivity index (χ0n) is 19.2. The maximum atomic E-state index is 13.3. The Morgan fingerprint density at radius 2 is 1.80 bits per heavy atom. The van der Waals surface area contributed by atoms with E-state index in [1.165, 1.54) is 4.90 Å². The van der Waals surface area contributed by atoms with Crippen LogP contribution in [0, 0.1) is 5.41 Å². The van der Waals surface area contributed by atoms with Gasteiger partial charge in [-0.25, -0.2) is 0 Å². The van der Waals surface area contributed by atoms with Crippen LogP contribution in [0.4, 0.5) is 13.2 Å². The van der Waals surface area contributed by atoms with Crippen molar-refractivity contribution >= 4 is 17.7 Å². The molecule has 1 aliphatic heterocycles. The van der Waals surface area contributed by atoms with Gasteiger partial charge in [-0.05, 0) is 57.0 Å². The minimum absolute atomic E-state index is 0.0837. The summed E-state index contributed by atoms with van der Waals surface area (Å²) in [5.41, 5.74) is -1.57. The Kier molecular flexibility index (Phi) is 6.35. The predicted molar refractivity (Wildman–Crippen MR) is 118 cm³/mol. The molecule has 3 amide bonds. The summed E-state index contributed by atoms with van der Waals surface area (Å²) in [5.74, 6) is -1.74. The number of nitrogens with one attached hydrogen (secondary N) is 1. The summed E-state index contributed by atoms with van der Waals surface area (Å²) in [6.07, 6.45) is -4.84. The molecule has 10 heteroatoms. The fraction of sp³-hybridized carbons (Fsp3) is 0.400. The molecule has 2 N–H and O–H groups in total. The summed E-state index contributed by atoms with van der Waals surface area (Å²) < 4.78 is 45.0. The highest BCUT2D eigenvalue weighted by molar-refractivity contribution is 6.21. The number of phenolic OH excluding ortho intramolecular Hbond substituents is 1. The van der Waals surface area contributed by atoms with E-state index in [4.69, 9.17) is 4.74 Å². The van der Waals surface area contributed by atoms with Crippen molar-refractivity contribution in [1.29, 1.82) is 0 Å². The van der Waals surface area contributed by atoms with Crippen LogP contribution in [-0.4, -0.2) is 46.5 Å². The predicted octanol–water partition coefficient (Wildman–Crippen LogP) is 3.90. The van der Waals surface area contributed by atoms with Crippen LogP contribution in [-0.2, 0) is 22.3 Å². The average molecular weight is 490 g/mol. The number of benzene rings is 2. The first kappa shape index (κ1) is 24.7. The molecule has 2 aromatic carbocycles. The number of carbonyl (C=O) groups is 3. The third kappa shape index (κ3) is 4.38. The summed E-state index contributed by atoms with van der Waals surface area (Å²) in [6, 6.07) is 8.40.